The Labute approximate surface area is 247 Å². The van der Waals surface area contributed by atoms with Crippen molar-refractivity contribution in [2.24, 2.45) is 0 Å². The fourth-order valence-electron chi connectivity index (χ4n) is 6.37. The Bertz CT molecular complexity index is 2340. The van der Waals surface area contributed by atoms with Gasteiger partial charge in [0.2, 0.25) is 0 Å². The minimum Gasteiger partial charge on any atom is -0.536 e. The van der Waals surface area contributed by atoms with Crippen molar-refractivity contribution < 1.29 is 13.8 Å². The molecule has 8 aromatic rings. The van der Waals surface area contributed by atoms with E-state index in [4.69, 9.17) is 13.8 Å². The molecule has 0 atom stereocenters. The summed E-state index contributed by atoms with van der Waals surface area (Å²) in [6, 6.07) is 41.0. The van der Waals surface area contributed by atoms with E-state index in [1.54, 1.807) is 0 Å². The number of hydrogen-bond donors (Lipinski definition) is 0. The van der Waals surface area contributed by atoms with Gasteiger partial charge in [0, 0.05) is 33.8 Å². The lowest BCUT2D eigenvalue weighted by atomic mass is 9.72. The molecule has 0 bridgehead atoms. The minimum absolute atomic E-state index is 0.299. The van der Waals surface area contributed by atoms with E-state index in [9.17, 15) is 0 Å². The lowest BCUT2D eigenvalue weighted by molar-refractivity contribution is 0.477. The van der Waals surface area contributed by atoms with Gasteiger partial charge in [-0.25, -0.2) is 4.98 Å². The average Bonchev–Trinajstić information content (AvgIpc) is 3.71. The first-order valence-electron chi connectivity index (χ1n) is 14.3. The number of fused-ring (bicyclic) bond motifs is 7. The number of furan rings is 1. The van der Waals surface area contributed by atoms with Crippen LogP contribution in [0.3, 0.4) is 0 Å². The van der Waals surface area contributed by atoms with Gasteiger partial charge in [-0.05, 0) is 73.2 Å². The zero-order valence-electron chi connectivity index (χ0n) is 23.3. The largest absolute Gasteiger partial charge is 0.536 e. The van der Waals surface area contributed by atoms with Crippen molar-refractivity contribution in [1.29, 1.82) is 0 Å². The van der Waals surface area contributed by atoms with Crippen molar-refractivity contribution in [3.8, 4) is 23.1 Å². The Balaban J connectivity index is 1.22. The third-order valence-corrected chi connectivity index (χ3v) is 8.34. The number of anilines is 1. The molecule has 0 saturated carbocycles. The van der Waals surface area contributed by atoms with Crippen LogP contribution in [0.4, 0.5) is 5.69 Å². The molecule has 9 rings (SSSR count). The quantitative estimate of drug-likeness (QED) is 0.205. The molecule has 6 nitrogen and oxygen atoms in total. The predicted molar refractivity (Wildman–Crippen MR) is 173 cm³/mol. The Hall–Kier alpha value is -5.69. The number of rotatable bonds is 4. The summed E-state index contributed by atoms with van der Waals surface area (Å²) in [6.07, 6.45) is 1.82. The second-order valence-corrected chi connectivity index (χ2v) is 10.9. The van der Waals surface area contributed by atoms with Gasteiger partial charge in [0.1, 0.15) is 22.9 Å². The van der Waals surface area contributed by atoms with Gasteiger partial charge in [0.25, 0.3) is 0 Å². The van der Waals surface area contributed by atoms with E-state index in [0.717, 1.165) is 60.9 Å². The van der Waals surface area contributed by atoms with Crippen LogP contribution in [0.15, 0.2) is 132 Å². The van der Waals surface area contributed by atoms with Crippen molar-refractivity contribution in [3.05, 3.63) is 128 Å². The Kier molecular flexibility index (Phi) is 5.11. The fraction of sp³-hybridized carbons (Fsp3) is 0.0278. The molecule has 0 radical (unpaired) electrons. The van der Waals surface area contributed by atoms with E-state index >= 15 is 0 Å². The number of nitrogens with zero attached hydrogens (tertiary/aromatic N) is 3. The molecule has 0 N–H and O–H groups in total. The molecule has 3 aromatic heterocycles. The summed E-state index contributed by atoms with van der Waals surface area (Å²) < 4.78 is 21.7. The molecular weight excluding hydrogens is 533 g/mol. The van der Waals surface area contributed by atoms with E-state index in [2.05, 4.69) is 76.0 Å². The molecule has 0 saturated heterocycles. The van der Waals surface area contributed by atoms with Crippen molar-refractivity contribution in [1.82, 2.24) is 9.55 Å². The highest BCUT2D eigenvalue weighted by Gasteiger charge is 2.37. The average molecular weight is 557 g/mol. The van der Waals surface area contributed by atoms with Gasteiger partial charge in [0.15, 0.2) is 11.3 Å². The molecule has 43 heavy (non-hydrogen) atoms. The SMILES string of the molecule is CN1B(c2cc(Oc3ccc4c5ccccc5n(-c5ccccn5)c4c3)c3oc4ccccc4c3c2)Oc2ccccc21. The van der Waals surface area contributed by atoms with E-state index in [0.29, 0.717) is 17.1 Å². The summed E-state index contributed by atoms with van der Waals surface area (Å²) >= 11 is 0. The molecule has 7 heteroatoms. The number of benzene rings is 5. The fourth-order valence-corrected chi connectivity index (χ4v) is 6.37. The van der Waals surface area contributed by atoms with Crippen LogP contribution in [0.25, 0.3) is 49.6 Å². The highest BCUT2D eigenvalue weighted by Crippen LogP contribution is 2.40. The second kappa shape index (κ2) is 9.16. The summed E-state index contributed by atoms with van der Waals surface area (Å²) in [7, 11) is 1.76. The minimum atomic E-state index is -0.299. The van der Waals surface area contributed by atoms with Crippen LogP contribution in [0, 0.1) is 0 Å². The molecular formula is C36H24BN3O3. The molecule has 4 heterocycles. The van der Waals surface area contributed by atoms with Gasteiger partial charge in [-0.15, -0.1) is 0 Å². The molecule has 204 valence electrons. The van der Waals surface area contributed by atoms with Gasteiger partial charge in [-0.1, -0.05) is 54.6 Å². The summed E-state index contributed by atoms with van der Waals surface area (Å²) in [5.74, 6) is 3.06. The van der Waals surface area contributed by atoms with Crippen LogP contribution >= 0.6 is 0 Å². The zero-order valence-corrected chi connectivity index (χ0v) is 23.3. The van der Waals surface area contributed by atoms with Gasteiger partial charge in [-0.3, -0.25) is 4.57 Å². The molecule has 1 aliphatic heterocycles. The number of para-hydroxylation sites is 4. The maximum Gasteiger partial charge on any atom is 0.519 e. The predicted octanol–water partition coefficient (Wildman–Crippen LogP) is 8.09. The topological polar surface area (TPSA) is 52.7 Å². The van der Waals surface area contributed by atoms with Gasteiger partial charge < -0.3 is 18.6 Å². The standard InChI is InChI=1S/C36H24BN3O3/c1-39-30-13-5-7-15-33(30)43-37(39)23-20-28-27-11-3-6-14-32(27)42-36(28)34(21-23)41-24-17-18-26-25-10-2-4-12-29(25)40(31(26)22-24)35-16-8-9-19-38-35/h2-22H,1H3. The summed E-state index contributed by atoms with van der Waals surface area (Å²) in [4.78, 5) is 6.82. The Morgan fingerprint density at radius 2 is 1.49 bits per heavy atom. The van der Waals surface area contributed by atoms with Crippen LogP contribution in [0.2, 0.25) is 0 Å². The van der Waals surface area contributed by atoms with E-state index in [1.165, 1.54) is 0 Å². The first-order valence-corrected chi connectivity index (χ1v) is 14.3. The highest BCUT2D eigenvalue weighted by molar-refractivity contribution is 6.73. The third-order valence-electron chi connectivity index (χ3n) is 8.34. The molecule has 0 fully saturated rings. The van der Waals surface area contributed by atoms with Crippen LogP contribution < -0.4 is 19.7 Å². The normalized spacial score (nSPS) is 12.9. The highest BCUT2D eigenvalue weighted by atomic mass is 16.5. The van der Waals surface area contributed by atoms with Crippen LogP contribution in [0.1, 0.15) is 0 Å². The Morgan fingerprint density at radius 3 is 2.37 bits per heavy atom. The number of hydrogen-bond acceptors (Lipinski definition) is 5. The van der Waals surface area contributed by atoms with E-state index in [-0.39, 0.29) is 7.05 Å². The third kappa shape index (κ3) is 3.64. The monoisotopic (exact) mass is 557 g/mol. The van der Waals surface area contributed by atoms with Crippen LogP contribution in [0.5, 0.6) is 17.2 Å². The lowest BCUT2D eigenvalue weighted by Gasteiger charge is -2.17. The first kappa shape index (κ1) is 24.0. The van der Waals surface area contributed by atoms with Crippen molar-refractivity contribution >= 4 is 61.9 Å². The molecule has 0 unspecified atom stereocenters. The zero-order chi connectivity index (χ0) is 28.5. The van der Waals surface area contributed by atoms with Gasteiger partial charge in [-0.2, -0.15) is 0 Å². The smallest absolute Gasteiger partial charge is 0.519 e. The summed E-state index contributed by atoms with van der Waals surface area (Å²) in [5.41, 5.74) is 5.67. The molecule has 0 amide bonds. The van der Waals surface area contributed by atoms with Crippen molar-refractivity contribution in [2.45, 2.75) is 0 Å². The summed E-state index contributed by atoms with van der Waals surface area (Å²) in [5, 5.41) is 4.32. The maximum absolute atomic E-state index is 6.73. The first-order chi connectivity index (χ1) is 21.2. The molecule has 1 aliphatic rings. The Morgan fingerprint density at radius 1 is 0.698 bits per heavy atom. The number of aromatic nitrogens is 2. The van der Waals surface area contributed by atoms with Gasteiger partial charge in [0.05, 0.1) is 16.7 Å². The number of ether oxygens (including phenoxy) is 1. The van der Waals surface area contributed by atoms with E-state index in [1.807, 2.05) is 72.9 Å². The van der Waals surface area contributed by atoms with Crippen LogP contribution in [-0.2, 0) is 0 Å². The maximum atomic E-state index is 6.73. The molecule has 0 aliphatic carbocycles. The van der Waals surface area contributed by atoms with Crippen LogP contribution in [-0.4, -0.2) is 23.6 Å². The van der Waals surface area contributed by atoms with Gasteiger partial charge >= 0.3 is 7.05 Å². The summed E-state index contributed by atoms with van der Waals surface area (Å²) in [6.45, 7) is 0. The number of pyridine rings is 1. The van der Waals surface area contributed by atoms with Crippen molar-refractivity contribution in [2.75, 3.05) is 11.9 Å². The van der Waals surface area contributed by atoms with E-state index < -0.39 is 0 Å². The lowest BCUT2D eigenvalue weighted by Crippen LogP contribution is -2.47. The second-order valence-electron chi connectivity index (χ2n) is 10.9. The van der Waals surface area contributed by atoms with Crippen molar-refractivity contribution in [3.63, 3.8) is 0 Å². The molecule has 5 aromatic carbocycles. The molecule has 0 spiro atoms.